The number of hydrogen-bond donors (Lipinski definition) is 0. The first-order valence-corrected chi connectivity index (χ1v) is 7.60. The molecule has 0 aliphatic heterocycles. The van der Waals surface area contributed by atoms with Crippen LogP contribution >= 0.6 is 0 Å². The average Bonchev–Trinajstić information content (AvgIpc) is 2.47. The molecule has 0 aliphatic carbocycles. The Kier molecular flexibility index (Phi) is 3.80. The van der Waals surface area contributed by atoms with Gasteiger partial charge in [0.25, 0.3) is 0 Å². The molecule has 0 aliphatic rings. The van der Waals surface area contributed by atoms with Gasteiger partial charge in [0.1, 0.15) is 0 Å². The molecule has 0 fully saturated rings. The summed E-state index contributed by atoms with van der Waals surface area (Å²) < 4.78 is 25.4. The lowest BCUT2D eigenvalue weighted by Crippen LogP contribution is -2.04. The molecule has 4 nitrogen and oxygen atoms in total. The van der Waals surface area contributed by atoms with Crippen molar-refractivity contribution in [1.82, 2.24) is 0 Å². The highest BCUT2D eigenvalue weighted by Gasteiger charge is 2.21. The van der Waals surface area contributed by atoms with Gasteiger partial charge in [0.15, 0.2) is 11.4 Å². The molecule has 0 radical (unpaired) electrons. The lowest BCUT2D eigenvalue weighted by atomic mass is 10.2. The first kappa shape index (κ1) is 14.8. The van der Waals surface area contributed by atoms with E-state index in [9.17, 15) is 8.42 Å². The van der Waals surface area contributed by atoms with E-state index >= 15 is 0 Å². The summed E-state index contributed by atoms with van der Waals surface area (Å²) in [4.78, 5) is 6.83. The van der Waals surface area contributed by atoms with Crippen LogP contribution in [0.3, 0.4) is 0 Å². The second-order valence-electron chi connectivity index (χ2n) is 4.58. The molecule has 0 aromatic heterocycles. The monoisotopic (exact) mass is 296 g/mol. The van der Waals surface area contributed by atoms with Crippen molar-refractivity contribution in [3.05, 3.63) is 70.4 Å². The number of aryl methyl sites for hydroxylation is 1. The van der Waals surface area contributed by atoms with Crippen LogP contribution in [0.5, 0.6) is 0 Å². The van der Waals surface area contributed by atoms with Gasteiger partial charge in [-0.15, -0.1) is 0 Å². The number of benzene rings is 2. The predicted octanol–water partition coefficient (Wildman–Crippen LogP) is 4.24. The van der Waals surface area contributed by atoms with Crippen molar-refractivity contribution < 1.29 is 8.42 Å². The Hall–Kier alpha value is -2.63. The normalized spacial score (nSPS) is 10.7. The molecule has 104 valence electrons. The zero-order valence-electron chi connectivity index (χ0n) is 11.6. The van der Waals surface area contributed by atoms with Crippen LogP contribution in [0.2, 0.25) is 0 Å². The van der Waals surface area contributed by atoms with Gasteiger partial charge >= 0.3 is 0 Å². The van der Waals surface area contributed by atoms with Gasteiger partial charge in [-0.3, -0.25) is 0 Å². The van der Waals surface area contributed by atoms with Crippen LogP contribution in [0.1, 0.15) is 11.1 Å². The highest BCUT2D eigenvalue weighted by molar-refractivity contribution is 7.91. The molecule has 0 unspecified atom stereocenters. The lowest BCUT2D eigenvalue weighted by Gasteiger charge is -2.10. The third-order valence-electron chi connectivity index (χ3n) is 3.28. The van der Waals surface area contributed by atoms with Crippen LogP contribution < -0.4 is 0 Å². The van der Waals surface area contributed by atoms with E-state index in [2.05, 4.69) is 9.69 Å². The average molecular weight is 296 g/mol. The third kappa shape index (κ3) is 2.52. The zero-order chi connectivity index (χ0) is 15.6. The quantitative estimate of drug-likeness (QED) is 0.778. The molecule has 21 heavy (non-hydrogen) atoms. The molecular weight excluding hydrogens is 284 g/mol. The minimum atomic E-state index is -3.74. The maximum Gasteiger partial charge on any atom is 0.204 e. The van der Waals surface area contributed by atoms with Crippen molar-refractivity contribution in [1.29, 1.82) is 0 Å². The van der Waals surface area contributed by atoms with Gasteiger partial charge in [-0.2, -0.15) is 0 Å². The Morgan fingerprint density at radius 2 is 1.62 bits per heavy atom. The van der Waals surface area contributed by atoms with Gasteiger partial charge in [0.05, 0.1) is 22.9 Å². The molecule has 0 atom stereocenters. The fraction of sp³-hybridized carbons (Fsp3) is 0.125. The standard InChI is InChI=1S/C16H12N2O2S/c1-11-8-9-13(10-15(11)18-4)21(19,20)16-7-5-6-14(17-3)12(16)2/h5-10H,1-2H3. The minimum absolute atomic E-state index is 0.0735. The lowest BCUT2D eigenvalue weighted by molar-refractivity contribution is 0.595. The van der Waals surface area contributed by atoms with Crippen LogP contribution in [0.15, 0.2) is 46.2 Å². The number of hydrogen-bond acceptors (Lipinski definition) is 2. The SMILES string of the molecule is [C-]#[N+]c1cc(S(=O)(=O)c2cccc([N+]#[C-])c2C)ccc1C. The largest absolute Gasteiger partial charge is 0.238 e. The number of nitrogens with zero attached hydrogens (tertiary/aromatic N) is 2. The first-order chi connectivity index (χ1) is 9.91. The van der Waals surface area contributed by atoms with Gasteiger partial charge < -0.3 is 0 Å². The Balaban J connectivity index is 2.70. The first-order valence-electron chi connectivity index (χ1n) is 6.12. The molecule has 2 rings (SSSR count). The summed E-state index contributed by atoms with van der Waals surface area (Å²) in [5, 5.41) is 0. The van der Waals surface area contributed by atoms with Gasteiger partial charge in [-0.05, 0) is 43.2 Å². The molecule has 2 aromatic rings. The topological polar surface area (TPSA) is 42.9 Å². The number of rotatable bonds is 2. The van der Waals surface area contributed by atoms with E-state index in [0.717, 1.165) is 5.56 Å². The molecule has 0 N–H and O–H groups in total. The summed E-state index contributed by atoms with van der Waals surface area (Å²) in [5.74, 6) is 0. The second kappa shape index (κ2) is 5.40. The summed E-state index contributed by atoms with van der Waals surface area (Å²) in [5.41, 5.74) is 1.79. The third-order valence-corrected chi connectivity index (χ3v) is 5.17. The van der Waals surface area contributed by atoms with Gasteiger partial charge in [0.2, 0.25) is 9.84 Å². The molecule has 0 spiro atoms. The van der Waals surface area contributed by atoms with E-state index < -0.39 is 9.84 Å². The van der Waals surface area contributed by atoms with E-state index in [1.807, 2.05) is 0 Å². The zero-order valence-corrected chi connectivity index (χ0v) is 12.4. The molecule has 0 amide bonds. The molecule has 2 aromatic carbocycles. The summed E-state index contributed by atoms with van der Waals surface area (Å²) >= 11 is 0. The van der Waals surface area contributed by atoms with Gasteiger partial charge in [-0.1, -0.05) is 18.2 Å². The van der Waals surface area contributed by atoms with Crippen molar-refractivity contribution in [2.24, 2.45) is 0 Å². The van der Waals surface area contributed by atoms with Crippen molar-refractivity contribution in [3.8, 4) is 0 Å². The summed E-state index contributed by atoms with van der Waals surface area (Å²) in [6.45, 7) is 17.5. The van der Waals surface area contributed by atoms with Crippen molar-refractivity contribution >= 4 is 21.2 Å². The molecular formula is C16H12N2O2S. The molecule has 0 heterocycles. The Labute approximate surface area is 124 Å². The number of sulfone groups is 1. The fourth-order valence-corrected chi connectivity index (χ4v) is 3.55. The second-order valence-corrected chi connectivity index (χ2v) is 6.49. The van der Waals surface area contributed by atoms with E-state index in [4.69, 9.17) is 13.1 Å². The van der Waals surface area contributed by atoms with E-state index in [0.29, 0.717) is 16.9 Å². The summed E-state index contributed by atoms with van der Waals surface area (Å²) in [6, 6.07) is 9.11. The van der Waals surface area contributed by atoms with Crippen LogP contribution in [-0.4, -0.2) is 8.42 Å². The maximum absolute atomic E-state index is 12.7. The maximum atomic E-state index is 12.7. The van der Waals surface area contributed by atoms with Crippen LogP contribution in [0.25, 0.3) is 9.69 Å². The van der Waals surface area contributed by atoms with Crippen molar-refractivity contribution in [2.45, 2.75) is 23.6 Å². The summed E-state index contributed by atoms with van der Waals surface area (Å²) in [7, 11) is -3.74. The minimum Gasteiger partial charge on any atom is -0.238 e. The van der Waals surface area contributed by atoms with Gasteiger partial charge in [0, 0.05) is 0 Å². The predicted molar refractivity (Wildman–Crippen MR) is 80.3 cm³/mol. The highest BCUT2D eigenvalue weighted by atomic mass is 32.2. The fourth-order valence-electron chi connectivity index (χ4n) is 2.02. The van der Waals surface area contributed by atoms with Crippen LogP contribution in [0, 0.1) is 27.0 Å². The van der Waals surface area contributed by atoms with E-state index in [1.54, 1.807) is 32.0 Å². The molecule has 0 bridgehead atoms. The highest BCUT2D eigenvalue weighted by Crippen LogP contribution is 2.32. The summed E-state index contributed by atoms with van der Waals surface area (Å²) in [6.07, 6.45) is 0. The van der Waals surface area contributed by atoms with E-state index in [-0.39, 0.29) is 9.79 Å². The van der Waals surface area contributed by atoms with Crippen LogP contribution in [0.4, 0.5) is 11.4 Å². The Bertz CT molecular complexity index is 901. The smallest absolute Gasteiger partial charge is 0.204 e. The van der Waals surface area contributed by atoms with Crippen molar-refractivity contribution in [3.63, 3.8) is 0 Å². The Morgan fingerprint density at radius 1 is 0.952 bits per heavy atom. The molecule has 0 saturated heterocycles. The van der Waals surface area contributed by atoms with E-state index in [1.165, 1.54) is 18.2 Å². The van der Waals surface area contributed by atoms with Crippen LogP contribution in [-0.2, 0) is 9.84 Å². The van der Waals surface area contributed by atoms with Gasteiger partial charge in [-0.25, -0.2) is 18.1 Å². The molecule has 5 heteroatoms. The Morgan fingerprint density at radius 3 is 2.24 bits per heavy atom. The molecule has 0 saturated carbocycles. The van der Waals surface area contributed by atoms with Crippen molar-refractivity contribution in [2.75, 3.05) is 0 Å².